The lowest BCUT2D eigenvalue weighted by Gasteiger charge is -2.14. The Balaban J connectivity index is 1.65. The Morgan fingerprint density at radius 2 is 1.54 bits per heavy atom. The van der Waals surface area contributed by atoms with E-state index in [-0.39, 0.29) is 25.0 Å². The van der Waals surface area contributed by atoms with Gasteiger partial charge in [-0.15, -0.1) is 0 Å². The minimum Gasteiger partial charge on any atom is -0.449 e. The molecule has 0 heterocycles. The lowest BCUT2D eigenvalue weighted by atomic mass is 9.98. The van der Waals surface area contributed by atoms with E-state index >= 15 is 0 Å². The number of benzene rings is 2. The van der Waals surface area contributed by atoms with Gasteiger partial charge in [0.1, 0.15) is 6.61 Å². The molecule has 0 saturated heterocycles. The zero-order valence-electron chi connectivity index (χ0n) is 13.5. The predicted molar refractivity (Wildman–Crippen MR) is 91.8 cm³/mol. The molecule has 124 valence electrons. The molecular formula is C19H20N2O3. The topological polar surface area (TPSA) is 67.4 Å². The summed E-state index contributed by atoms with van der Waals surface area (Å²) in [6.07, 6.45) is -0.580. The first-order chi connectivity index (χ1) is 11.7. The quantitative estimate of drug-likeness (QED) is 0.888. The fourth-order valence-corrected chi connectivity index (χ4v) is 3.06. The molecule has 2 N–H and O–H groups in total. The first-order valence-electron chi connectivity index (χ1n) is 8.06. The van der Waals surface area contributed by atoms with Crippen LogP contribution in [0.5, 0.6) is 0 Å². The predicted octanol–water partition coefficient (Wildman–Crippen LogP) is 2.66. The molecule has 0 fully saturated rings. The Morgan fingerprint density at radius 1 is 0.958 bits per heavy atom. The molecule has 0 aromatic heterocycles. The highest BCUT2D eigenvalue weighted by atomic mass is 16.5. The van der Waals surface area contributed by atoms with Crippen LogP contribution < -0.4 is 10.6 Å². The lowest BCUT2D eigenvalue weighted by molar-refractivity contribution is -0.120. The van der Waals surface area contributed by atoms with Crippen molar-refractivity contribution in [3.8, 4) is 11.1 Å². The normalized spacial score (nSPS) is 12.2. The highest BCUT2D eigenvalue weighted by Crippen LogP contribution is 2.44. The maximum absolute atomic E-state index is 11.8. The largest absolute Gasteiger partial charge is 0.449 e. The Bertz CT molecular complexity index is 712. The Hall–Kier alpha value is -2.82. The number of alkyl carbamates (subject to hydrolysis) is 1. The van der Waals surface area contributed by atoms with Crippen molar-refractivity contribution in [1.29, 1.82) is 0 Å². The smallest absolute Gasteiger partial charge is 0.407 e. The van der Waals surface area contributed by atoms with Gasteiger partial charge in [-0.1, -0.05) is 48.5 Å². The summed E-state index contributed by atoms with van der Waals surface area (Å²) in [5.41, 5.74) is 4.69. The van der Waals surface area contributed by atoms with Gasteiger partial charge in [0.25, 0.3) is 0 Å². The van der Waals surface area contributed by atoms with Crippen molar-refractivity contribution >= 4 is 12.0 Å². The van der Waals surface area contributed by atoms with Gasteiger partial charge >= 0.3 is 6.09 Å². The number of likely N-dealkylation sites (N-methyl/N-ethyl adjacent to an activating group) is 1. The molecule has 3 rings (SSSR count). The summed E-state index contributed by atoms with van der Waals surface area (Å²) in [5.74, 6) is -0.210. The number of rotatable bonds is 5. The zero-order valence-corrected chi connectivity index (χ0v) is 13.5. The molecule has 1 aliphatic rings. The number of ether oxygens (including phenoxy) is 1. The minimum atomic E-state index is -0.580. The monoisotopic (exact) mass is 324 g/mol. The van der Waals surface area contributed by atoms with E-state index in [2.05, 4.69) is 34.9 Å². The maximum Gasteiger partial charge on any atom is 0.407 e. The molecule has 0 aliphatic heterocycles. The van der Waals surface area contributed by atoms with Gasteiger partial charge in [0.2, 0.25) is 5.91 Å². The molecule has 0 atom stereocenters. The molecule has 2 aromatic rings. The van der Waals surface area contributed by atoms with Crippen molar-refractivity contribution in [3.63, 3.8) is 0 Å². The second kappa shape index (κ2) is 7.17. The van der Waals surface area contributed by atoms with Crippen molar-refractivity contribution < 1.29 is 14.3 Å². The van der Waals surface area contributed by atoms with Crippen LogP contribution in [0.4, 0.5) is 4.79 Å². The van der Waals surface area contributed by atoms with E-state index in [9.17, 15) is 9.59 Å². The number of hydrogen-bond acceptors (Lipinski definition) is 3. The van der Waals surface area contributed by atoms with E-state index in [1.54, 1.807) is 0 Å². The Kier molecular flexibility index (Phi) is 4.79. The molecule has 1 aliphatic carbocycles. The SMILES string of the molecule is CCNC(=O)CNC(=O)OCC1c2ccccc2-c2ccccc21. The fourth-order valence-electron chi connectivity index (χ4n) is 3.06. The highest BCUT2D eigenvalue weighted by Gasteiger charge is 2.28. The van der Waals surface area contributed by atoms with Crippen LogP contribution in [-0.2, 0) is 9.53 Å². The second-order valence-electron chi connectivity index (χ2n) is 5.63. The second-order valence-corrected chi connectivity index (χ2v) is 5.63. The Labute approximate surface area is 141 Å². The number of hydrogen-bond donors (Lipinski definition) is 2. The van der Waals surface area contributed by atoms with Crippen LogP contribution >= 0.6 is 0 Å². The standard InChI is InChI=1S/C19H20N2O3/c1-2-20-18(22)11-21-19(23)24-12-17-15-9-5-3-7-13(15)14-8-4-6-10-16(14)17/h3-10,17H,2,11-12H2,1H3,(H,20,22)(H,21,23). The molecule has 5 heteroatoms. The zero-order chi connectivity index (χ0) is 16.9. The molecule has 0 bridgehead atoms. The number of amides is 2. The van der Waals surface area contributed by atoms with Gasteiger partial charge in [0.15, 0.2) is 0 Å². The van der Waals surface area contributed by atoms with Crippen molar-refractivity contribution in [2.24, 2.45) is 0 Å². The van der Waals surface area contributed by atoms with Crippen LogP contribution in [0, 0.1) is 0 Å². The van der Waals surface area contributed by atoms with Crippen LogP contribution in [0.2, 0.25) is 0 Å². The molecular weight excluding hydrogens is 304 g/mol. The first-order valence-corrected chi connectivity index (χ1v) is 8.06. The molecule has 24 heavy (non-hydrogen) atoms. The van der Waals surface area contributed by atoms with Crippen molar-refractivity contribution in [2.45, 2.75) is 12.8 Å². The van der Waals surface area contributed by atoms with E-state index in [4.69, 9.17) is 4.74 Å². The van der Waals surface area contributed by atoms with E-state index in [1.165, 1.54) is 11.1 Å². The van der Waals surface area contributed by atoms with E-state index in [0.717, 1.165) is 11.1 Å². The van der Waals surface area contributed by atoms with Crippen molar-refractivity contribution in [1.82, 2.24) is 10.6 Å². The number of carbonyl (C=O) groups is 2. The van der Waals surface area contributed by atoms with Crippen molar-refractivity contribution in [3.05, 3.63) is 59.7 Å². The molecule has 0 unspecified atom stereocenters. The molecule has 0 saturated carbocycles. The van der Waals surface area contributed by atoms with Gasteiger partial charge in [-0.25, -0.2) is 4.79 Å². The third kappa shape index (κ3) is 3.25. The molecule has 0 radical (unpaired) electrons. The third-order valence-corrected chi connectivity index (χ3v) is 4.11. The van der Waals surface area contributed by atoms with Crippen LogP contribution in [0.3, 0.4) is 0 Å². The summed E-state index contributed by atoms with van der Waals surface area (Å²) in [6, 6.07) is 16.3. The van der Waals surface area contributed by atoms with Crippen LogP contribution in [0.25, 0.3) is 11.1 Å². The summed E-state index contributed by atoms with van der Waals surface area (Å²) in [6.45, 7) is 2.52. The van der Waals surface area contributed by atoms with Crippen molar-refractivity contribution in [2.75, 3.05) is 19.7 Å². The first kappa shape index (κ1) is 16.1. The van der Waals surface area contributed by atoms with Gasteiger partial charge < -0.3 is 15.4 Å². The summed E-state index contributed by atoms with van der Waals surface area (Å²) in [4.78, 5) is 23.2. The van der Waals surface area contributed by atoms with Crippen LogP contribution in [0.15, 0.2) is 48.5 Å². The van der Waals surface area contributed by atoms with E-state index < -0.39 is 6.09 Å². The summed E-state index contributed by atoms with van der Waals surface area (Å²) >= 11 is 0. The maximum atomic E-state index is 11.8. The number of carbonyl (C=O) groups excluding carboxylic acids is 2. The van der Waals surface area contributed by atoms with Gasteiger partial charge in [-0.2, -0.15) is 0 Å². The summed E-state index contributed by atoms with van der Waals surface area (Å²) in [5, 5.41) is 5.08. The fraction of sp³-hybridized carbons (Fsp3) is 0.263. The molecule has 2 amide bonds. The van der Waals surface area contributed by atoms with Gasteiger partial charge in [0, 0.05) is 12.5 Å². The lowest BCUT2D eigenvalue weighted by Crippen LogP contribution is -2.37. The number of fused-ring (bicyclic) bond motifs is 3. The minimum absolute atomic E-state index is 0.0209. The number of nitrogens with one attached hydrogen (secondary N) is 2. The Morgan fingerprint density at radius 3 is 2.12 bits per heavy atom. The molecule has 5 nitrogen and oxygen atoms in total. The third-order valence-electron chi connectivity index (χ3n) is 4.11. The highest BCUT2D eigenvalue weighted by molar-refractivity contribution is 5.82. The average molecular weight is 324 g/mol. The van der Waals surface area contributed by atoms with Crippen LogP contribution in [-0.4, -0.2) is 31.7 Å². The van der Waals surface area contributed by atoms with E-state index in [1.807, 2.05) is 31.2 Å². The van der Waals surface area contributed by atoms with Gasteiger partial charge in [0.05, 0.1) is 6.54 Å². The molecule has 0 spiro atoms. The van der Waals surface area contributed by atoms with Crippen LogP contribution in [0.1, 0.15) is 24.0 Å². The molecule has 2 aromatic carbocycles. The average Bonchev–Trinajstić information content (AvgIpc) is 2.92. The van der Waals surface area contributed by atoms with Gasteiger partial charge in [-0.05, 0) is 29.2 Å². The van der Waals surface area contributed by atoms with Gasteiger partial charge in [-0.3, -0.25) is 4.79 Å². The summed E-state index contributed by atoms with van der Waals surface area (Å²) in [7, 11) is 0. The summed E-state index contributed by atoms with van der Waals surface area (Å²) < 4.78 is 5.34. The van der Waals surface area contributed by atoms with E-state index in [0.29, 0.717) is 6.54 Å².